The molecule has 1 amide bonds. The lowest BCUT2D eigenvalue weighted by molar-refractivity contribution is -0.122. The van der Waals surface area contributed by atoms with Gasteiger partial charge < -0.3 is 16.0 Å². The van der Waals surface area contributed by atoms with Crippen LogP contribution in [-0.2, 0) is 11.2 Å². The van der Waals surface area contributed by atoms with E-state index in [-0.39, 0.29) is 35.8 Å². The number of nitrogens with one attached hydrogen (secondary N) is 3. The van der Waals surface area contributed by atoms with Gasteiger partial charge in [0.15, 0.2) is 5.96 Å². The molecule has 8 heteroatoms. The molecule has 0 unspecified atom stereocenters. The zero-order valence-electron chi connectivity index (χ0n) is 14.3. The number of rotatable bonds is 8. The Morgan fingerprint density at radius 1 is 1.20 bits per heavy atom. The van der Waals surface area contributed by atoms with Gasteiger partial charge in [0.05, 0.1) is 0 Å². The third-order valence-electron chi connectivity index (χ3n) is 3.67. The molecule has 0 atom stereocenters. The minimum atomic E-state index is -0.452. The Morgan fingerprint density at radius 3 is 2.60 bits per heavy atom. The molecule has 0 heterocycles. The van der Waals surface area contributed by atoms with Crippen LogP contribution >= 0.6 is 24.0 Å². The van der Waals surface area contributed by atoms with Crippen molar-refractivity contribution < 1.29 is 13.6 Å². The van der Waals surface area contributed by atoms with Gasteiger partial charge in [0.1, 0.15) is 11.6 Å². The second-order valence-corrected chi connectivity index (χ2v) is 5.74. The first kappa shape index (κ1) is 21.6. The third kappa shape index (κ3) is 7.98. The smallest absolute Gasteiger partial charge is 0.223 e. The van der Waals surface area contributed by atoms with Crippen LogP contribution in [0.5, 0.6) is 0 Å². The molecule has 0 aliphatic heterocycles. The van der Waals surface area contributed by atoms with E-state index >= 15 is 0 Å². The fourth-order valence-corrected chi connectivity index (χ4v) is 2.22. The maximum atomic E-state index is 13.5. The van der Waals surface area contributed by atoms with Gasteiger partial charge in [0.2, 0.25) is 5.91 Å². The van der Waals surface area contributed by atoms with Gasteiger partial charge in [0, 0.05) is 32.1 Å². The molecule has 1 fully saturated rings. The van der Waals surface area contributed by atoms with E-state index in [0.29, 0.717) is 44.1 Å². The molecule has 0 bridgehead atoms. The van der Waals surface area contributed by atoms with Crippen LogP contribution in [0.15, 0.2) is 23.2 Å². The Kier molecular flexibility index (Phi) is 9.69. The van der Waals surface area contributed by atoms with Crippen molar-refractivity contribution >= 4 is 35.8 Å². The molecule has 140 valence electrons. The van der Waals surface area contributed by atoms with Crippen molar-refractivity contribution in [2.24, 2.45) is 10.9 Å². The summed E-state index contributed by atoms with van der Waals surface area (Å²) in [5.74, 6) is 0.0301. The van der Waals surface area contributed by atoms with Gasteiger partial charge in [-0.3, -0.25) is 9.79 Å². The second-order valence-electron chi connectivity index (χ2n) is 5.74. The standard InChI is InChI=1S/C17H24F2N4O.HI/c1-2-20-17(23-10-9-21-16(24)12-3-4-12)22-8-7-13-11-14(18)5-6-15(13)19;/h5-6,11-12H,2-4,7-10H2,1H3,(H,21,24)(H2,20,22,23);1H. The molecule has 0 radical (unpaired) electrons. The number of hydrogen-bond donors (Lipinski definition) is 3. The number of carbonyl (C=O) groups excluding carboxylic acids is 1. The molecule has 1 aliphatic carbocycles. The lowest BCUT2D eigenvalue weighted by Crippen LogP contribution is -2.41. The summed E-state index contributed by atoms with van der Waals surface area (Å²) in [5, 5.41) is 9.04. The van der Waals surface area contributed by atoms with Crippen LogP contribution in [-0.4, -0.2) is 38.0 Å². The summed E-state index contributed by atoms with van der Waals surface area (Å²) >= 11 is 0. The molecule has 3 N–H and O–H groups in total. The summed E-state index contributed by atoms with van der Waals surface area (Å²) in [4.78, 5) is 15.8. The number of hydrogen-bond acceptors (Lipinski definition) is 2. The molecule has 5 nitrogen and oxygen atoms in total. The SMILES string of the molecule is CCNC(=NCCc1cc(F)ccc1F)NCCNC(=O)C1CC1.I. The Balaban J connectivity index is 0.00000312. The number of amides is 1. The first-order chi connectivity index (χ1) is 11.6. The van der Waals surface area contributed by atoms with E-state index in [4.69, 9.17) is 0 Å². The number of aliphatic imine (C=N–C) groups is 1. The van der Waals surface area contributed by atoms with Crippen LogP contribution in [0.2, 0.25) is 0 Å². The monoisotopic (exact) mass is 466 g/mol. The van der Waals surface area contributed by atoms with Crippen molar-refractivity contribution in [2.45, 2.75) is 26.2 Å². The van der Waals surface area contributed by atoms with E-state index in [2.05, 4.69) is 20.9 Å². The number of benzene rings is 1. The first-order valence-corrected chi connectivity index (χ1v) is 8.34. The fourth-order valence-electron chi connectivity index (χ4n) is 2.22. The predicted molar refractivity (Wildman–Crippen MR) is 105 cm³/mol. The third-order valence-corrected chi connectivity index (χ3v) is 3.67. The normalized spacial score (nSPS) is 13.8. The molecule has 25 heavy (non-hydrogen) atoms. The van der Waals surface area contributed by atoms with Crippen LogP contribution < -0.4 is 16.0 Å². The molecular formula is C17H25F2IN4O. The van der Waals surface area contributed by atoms with Crippen LogP contribution in [0.3, 0.4) is 0 Å². The van der Waals surface area contributed by atoms with Crippen molar-refractivity contribution in [1.29, 1.82) is 0 Å². The maximum Gasteiger partial charge on any atom is 0.223 e. The van der Waals surface area contributed by atoms with E-state index in [1.54, 1.807) is 0 Å². The molecule has 1 saturated carbocycles. The highest BCUT2D eigenvalue weighted by Gasteiger charge is 2.28. The van der Waals surface area contributed by atoms with Gasteiger partial charge in [-0.15, -0.1) is 24.0 Å². The minimum Gasteiger partial charge on any atom is -0.357 e. The Labute approximate surface area is 164 Å². The average molecular weight is 466 g/mol. The van der Waals surface area contributed by atoms with Crippen molar-refractivity contribution in [1.82, 2.24) is 16.0 Å². The molecule has 2 rings (SSSR count). The van der Waals surface area contributed by atoms with Gasteiger partial charge in [-0.05, 0) is 49.9 Å². The summed E-state index contributed by atoms with van der Waals surface area (Å²) < 4.78 is 26.7. The summed E-state index contributed by atoms with van der Waals surface area (Å²) in [5.41, 5.74) is 0.311. The molecular weight excluding hydrogens is 441 g/mol. The lowest BCUT2D eigenvalue weighted by atomic mass is 10.1. The molecule has 1 aromatic carbocycles. The number of nitrogens with zero attached hydrogens (tertiary/aromatic N) is 1. The predicted octanol–water partition coefficient (Wildman–Crippen LogP) is 2.21. The average Bonchev–Trinajstić information content (AvgIpc) is 3.39. The fraction of sp³-hybridized carbons (Fsp3) is 0.529. The van der Waals surface area contributed by atoms with Crippen LogP contribution in [0.1, 0.15) is 25.3 Å². The number of carbonyl (C=O) groups is 1. The van der Waals surface area contributed by atoms with E-state index in [9.17, 15) is 13.6 Å². The lowest BCUT2D eigenvalue weighted by Gasteiger charge is -2.12. The van der Waals surface area contributed by atoms with Crippen molar-refractivity contribution in [3.8, 4) is 0 Å². The molecule has 0 spiro atoms. The van der Waals surface area contributed by atoms with E-state index in [1.807, 2.05) is 6.92 Å². The Bertz CT molecular complexity index is 594. The van der Waals surface area contributed by atoms with Gasteiger partial charge in [-0.2, -0.15) is 0 Å². The highest BCUT2D eigenvalue weighted by atomic mass is 127. The van der Waals surface area contributed by atoms with Crippen LogP contribution in [0.4, 0.5) is 8.78 Å². The van der Waals surface area contributed by atoms with Gasteiger partial charge in [0.25, 0.3) is 0 Å². The van der Waals surface area contributed by atoms with Gasteiger partial charge in [-0.1, -0.05) is 0 Å². The van der Waals surface area contributed by atoms with Gasteiger partial charge in [-0.25, -0.2) is 8.78 Å². The minimum absolute atomic E-state index is 0. The molecule has 1 aliphatic rings. The topological polar surface area (TPSA) is 65.5 Å². The van der Waals surface area contributed by atoms with Crippen LogP contribution in [0, 0.1) is 17.6 Å². The highest BCUT2D eigenvalue weighted by Crippen LogP contribution is 2.28. The first-order valence-electron chi connectivity index (χ1n) is 8.34. The largest absolute Gasteiger partial charge is 0.357 e. The van der Waals surface area contributed by atoms with Crippen molar-refractivity contribution in [3.63, 3.8) is 0 Å². The molecule has 0 aromatic heterocycles. The van der Waals surface area contributed by atoms with E-state index < -0.39 is 11.6 Å². The maximum absolute atomic E-state index is 13.5. The molecule has 0 saturated heterocycles. The summed E-state index contributed by atoms with van der Waals surface area (Å²) in [6.07, 6.45) is 2.29. The molecule has 1 aromatic rings. The zero-order valence-corrected chi connectivity index (χ0v) is 16.6. The second kappa shape index (κ2) is 11.2. The van der Waals surface area contributed by atoms with Crippen LogP contribution in [0.25, 0.3) is 0 Å². The number of halogens is 3. The Morgan fingerprint density at radius 2 is 1.92 bits per heavy atom. The van der Waals surface area contributed by atoms with E-state index in [1.165, 1.54) is 6.07 Å². The quantitative estimate of drug-likeness (QED) is 0.238. The Hall–Kier alpha value is -1.45. The van der Waals surface area contributed by atoms with E-state index in [0.717, 1.165) is 25.0 Å². The summed E-state index contributed by atoms with van der Waals surface area (Å²) in [6, 6.07) is 3.42. The summed E-state index contributed by atoms with van der Waals surface area (Å²) in [7, 11) is 0. The number of guanidine groups is 1. The van der Waals surface area contributed by atoms with Gasteiger partial charge >= 0.3 is 0 Å². The van der Waals surface area contributed by atoms with Crippen molar-refractivity contribution in [2.75, 3.05) is 26.2 Å². The summed E-state index contributed by atoms with van der Waals surface area (Å²) in [6.45, 7) is 4.05. The zero-order chi connectivity index (χ0) is 17.4. The van der Waals surface area contributed by atoms with Crippen molar-refractivity contribution in [3.05, 3.63) is 35.4 Å². The highest BCUT2D eigenvalue weighted by molar-refractivity contribution is 14.0.